The maximum Gasteiger partial charge on any atom is 0.224 e. The summed E-state index contributed by atoms with van der Waals surface area (Å²) in [6, 6.07) is 8.94. The van der Waals surface area contributed by atoms with Gasteiger partial charge in [-0.05, 0) is 36.9 Å². The minimum absolute atomic E-state index is 0.00494. The highest BCUT2D eigenvalue weighted by molar-refractivity contribution is 6.30. The predicted octanol–water partition coefficient (Wildman–Crippen LogP) is 4.19. The van der Waals surface area contributed by atoms with Gasteiger partial charge in [-0.25, -0.2) is 0 Å². The summed E-state index contributed by atoms with van der Waals surface area (Å²) >= 11 is 11.8. The molecule has 0 fully saturated rings. The van der Waals surface area contributed by atoms with Crippen molar-refractivity contribution in [3.63, 3.8) is 0 Å². The van der Waals surface area contributed by atoms with Gasteiger partial charge in [0.2, 0.25) is 11.6 Å². The molecule has 2 heterocycles. The lowest BCUT2D eigenvalue weighted by Gasteiger charge is -2.19. The number of aromatic nitrogens is 1. The molecule has 6 nitrogen and oxygen atoms in total. The van der Waals surface area contributed by atoms with Crippen LogP contribution >= 0.6 is 23.2 Å². The van der Waals surface area contributed by atoms with E-state index in [1.165, 1.54) is 0 Å². The van der Waals surface area contributed by atoms with Gasteiger partial charge in [0, 0.05) is 36.4 Å². The molecule has 0 atom stereocenters. The molecule has 31 heavy (non-hydrogen) atoms. The van der Waals surface area contributed by atoms with Crippen LogP contribution < -0.4 is 10.7 Å². The van der Waals surface area contributed by atoms with Gasteiger partial charge < -0.3 is 19.2 Å². The van der Waals surface area contributed by atoms with Gasteiger partial charge >= 0.3 is 0 Å². The highest BCUT2D eigenvalue weighted by atomic mass is 35.5. The number of halogens is 2. The number of furan rings is 1. The van der Waals surface area contributed by atoms with Crippen LogP contribution in [-0.2, 0) is 30.2 Å². The van der Waals surface area contributed by atoms with Crippen molar-refractivity contribution in [2.75, 3.05) is 19.6 Å². The molecule has 0 spiro atoms. The zero-order chi connectivity index (χ0) is 22.4. The van der Waals surface area contributed by atoms with Crippen LogP contribution in [0.3, 0.4) is 0 Å². The molecule has 8 heteroatoms. The molecule has 1 N–H and O–H groups in total. The van der Waals surface area contributed by atoms with Crippen molar-refractivity contribution in [2.45, 2.75) is 39.2 Å². The zero-order valence-corrected chi connectivity index (χ0v) is 19.3. The maximum atomic E-state index is 13.0. The smallest absolute Gasteiger partial charge is 0.224 e. The molecule has 0 aliphatic carbocycles. The number of carbonyl (C=O) groups excluding carboxylic acids is 1. The maximum absolute atomic E-state index is 13.0. The van der Waals surface area contributed by atoms with E-state index < -0.39 is 0 Å². The van der Waals surface area contributed by atoms with Crippen LogP contribution in [-0.4, -0.2) is 35.0 Å². The number of benzene rings is 1. The van der Waals surface area contributed by atoms with Gasteiger partial charge in [-0.15, -0.1) is 11.6 Å². The summed E-state index contributed by atoms with van der Waals surface area (Å²) in [6.07, 6.45) is 1.73. The summed E-state index contributed by atoms with van der Waals surface area (Å²) in [4.78, 5) is 27.8. The first-order chi connectivity index (χ1) is 14.9. The lowest BCUT2D eigenvalue weighted by atomic mass is 10.1. The van der Waals surface area contributed by atoms with Crippen LogP contribution in [0, 0.1) is 0 Å². The highest BCUT2D eigenvalue weighted by Crippen LogP contribution is 2.19. The van der Waals surface area contributed by atoms with Crippen molar-refractivity contribution >= 4 is 40.2 Å². The molecule has 2 aromatic heterocycles. The summed E-state index contributed by atoms with van der Waals surface area (Å²) in [5.74, 6) is 0.499. The van der Waals surface area contributed by atoms with Crippen LogP contribution in [0.4, 0.5) is 0 Å². The first-order valence-corrected chi connectivity index (χ1v) is 11.3. The molecule has 0 bridgehead atoms. The molecule has 1 aromatic carbocycles. The molecule has 0 saturated heterocycles. The second-order valence-electron chi connectivity index (χ2n) is 7.35. The number of fused-ring (bicyclic) bond motifs is 1. The molecule has 0 saturated carbocycles. The van der Waals surface area contributed by atoms with Crippen molar-refractivity contribution in [3.8, 4) is 0 Å². The molecular formula is C23H27Cl2N3O3. The molecule has 0 aliphatic heterocycles. The molecule has 1 amide bonds. The molecule has 3 rings (SSSR count). The Balaban J connectivity index is 1.81. The largest absolute Gasteiger partial charge is 0.443 e. The number of rotatable bonds is 10. The number of pyridine rings is 1. The minimum atomic E-state index is -0.220. The third kappa shape index (κ3) is 5.91. The Kier molecular flexibility index (Phi) is 8.18. The van der Waals surface area contributed by atoms with Gasteiger partial charge in [-0.1, -0.05) is 37.6 Å². The van der Waals surface area contributed by atoms with Crippen LogP contribution in [0.15, 0.2) is 45.7 Å². The number of hydrogen-bond acceptors (Lipinski definition) is 4. The lowest BCUT2D eigenvalue weighted by Crippen LogP contribution is -2.29. The quantitative estimate of drug-likeness (QED) is 0.457. The van der Waals surface area contributed by atoms with Gasteiger partial charge in [0.25, 0.3) is 0 Å². The number of carbonyl (C=O) groups is 1. The van der Waals surface area contributed by atoms with Crippen LogP contribution in [0.5, 0.6) is 0 Å². The number of likely N-dealkylation sites (N-methyl/N-ethyl adjacent to an activating group) is 1. The number of nitrogens with zero attached hydrogens (tertiary/aromatic N) is 2. The fraction of sp³-hybridized carbons (Fsp3) is 0.391. The number of alkyl halides is 1. The predicted molar refractivity (Wildman–Crippen MR) is 125 cm³/mol. The van der Waals surface area contributed by atoms with Crippen LogP contribution in [0.1, 0.15) is 30.7 Å². The van der Waals surface area contributed by atoms with E-state index in [2.05, 4.69) is 24.1 Å². The third-order valence-electron chi connectivity index (χ3n) is 5.31. The Morgan fingerprint density at radius 1 is 1.19 bits per heavy atom. The molecule has 0 unspecified atom stereocenters. The van der Waals surface area contributed by atoms with E-state index in [1.807, 2.05) is 16.7 Å². The minimum Gasteiger partial charge on any atom is -0.443 e. The molecule has 3 aromatic rings. The Labute approximate surface area is 191 Å². The average molecular weight is 464 g/mol. The monoisotopic (exact) mass is 463 g/mol. The summed E-state index contributed by atoms with van der Waals surface area (Å²) in [6.45, 7) is 7.92. The molecular weight excluding hydrogens is 437 g/mol. The molecule has 0 aliphatic rings. The normalized spacial score (nSPS) is 11.4. The SMILES string of the molecule is CCN(CC)CCn1cc(CC(=O)NCc2ccc(Cl)cc2)c(=O)c2cc(CCl)oc21. The Morgan fingerprint density at radius 3 is 2.55 bits per heavy atom. The van der Waals surface area contributed by atoms with E-state index in [0.717, 1.165) is 25.2 Å². The summed E-state index contributed by atoms with van der Waals surface area (Å²) in [5.41, 5.74) is 1.67. The van der Waals surface area contributed by atoms with Gasteiger partial charge in [-0.2, -0.15) is 0 Å². The lowest BCUT2D eigenvalue weighted by molar-refractivity contribution is -0.120. The Hall–Kier alpha value is -2.28. The van der Waals surface area contributed by atoms with Gasteiger partial charge in [0.05, 0.1) is 17.7 Å². The topological polar surface area (TPSA) is 67.5 Å². The van der Waals surface area contributed by atoms with Crippen LogP contribution in [0.2, 0.25) is 5.02 Å². The van der Waals surface area contributed by atoms with Gasteiger partial charge in [0.15, 0.2) is 5.43 Å². The first-order valence-electron chi connectivity index (χ1n) is 10.4. The van der Waals surface area contributed by atoms with E-state index in [9.17, 15) is 9.59 Å². The van der Waals surface area contributed by atoms with E-state index >= 15 is 0 Å². The average Bonchev–Trinajstić information content (AvgIpc) is 3.22. The third-order valence-corrected chi connectivity index (χ3v) is 5.82. The van der Waals surface area contributed by atoms with Crippen molar-refractivity contribution in [2.24, 2.45) is 0 Å². The van der Waals surface area contributed by atoms with Crippen LogP contribution in [0.25, 0.3) is 11.1 Å². The zero-order valence-electron chi connectivity index (χ0n) is 17.8. The fourth-order valence-electron chi connectivity index (χ4n) is 3.47. The number of hydrogen-bond donors (Lipinski definition) is 1. The Bertz CT molecular complexity index is 1090. The van der Waals surface area contributed by atoms with E-state index in [1.54, 1.807) is 24.4 Å². The molecule has 166 valence electrons. The highest BCUT2D eigenvalue weighted by Gasteiger charge is 2.17. The summed E-state index contributed by atoms with van der Waals surface area (Å²) < 4.78 is 7.71. The first kappa shape index (κ1) is 23.4. The summed E-state index contributed by atoms with van der Waals surface area (Å²) in [5, 5.41) is 3.96. The Morgan fingerprint density at radius 2 is 1.90 bits per heavy atom. The number of amides is 1. The van der Waals surface area contributed by atoms with Gasteiger partial charge in [0.1, 0.15) is 5.76 Å². The second kappa shape index (κ2) is 10.8. The summed E-state index contributed by atoms with van der Waals surface area (Å²) in [7, 11) is 0. The molecule has 0 radical (unpaired) electrons. The fourth-order valence-corrected chi connectivity index (χ4v) is 3.73. The van der Waals surface area contributed by atoms with E-state index in [-0.39, 0.29) is 23.6 Å². The van der Waals surface area contributed by atoms with Crippen molar-refractivity contribution in [3.05, 3.63) is 68.7 Å². The number of nitrogens with one attached hydrogen (secondary N) is 1. The van der Waals surface area contributed by atoms with E-state index in [4.69, 9.17) is 27.6 Å². The van der Waals surface area contributed by atoms with Crippen molar-refractivity contribution in [1.29, 1.82) is 0 Å². The second-order valence-corrected chi connectivity index (χ2v) is 8.05. The standard InChI is InChI=1S/C23H27Cl2N3O3/c1-3-27(4-2)9-10-28-15-17(22(30)20-12-19(13-24)31-23(20)28)11-21(29)26-14-16-5-7-18(25)8-6-16/h5-8,12,15H,3-4,9-11,13-14H2,1-2H3,(H,26,29). The van der Waals surface area contributed by atoms with Crippen molar-refractivity contribution < 1.29 is 9.21 Å². The van der Waals surface area contributed by atoms with Gasteiger partial charge in [-0.3, -0.25) is 9.59 Å². The van der Waals surface area contributed by atoms with E-state index in [0.29, 0.717) is 40.5 Å². The van der Waals surface area contributed by atoms with Crippen molar-refractivity contribution in [1.82, 2.24) is 14.8 Å².